The van der Waals surface area contributed by atoms with Gasteiger partial charge in [-0.2, -0.15) is 0 Å². The molecule has 1 heterocycles. The number of carbonyl (C=O) groups excluding carboxylic acids is 1. The van der Waals surface area contributed by atoms with E-state index in [-0.39, 0.29) is 17.9 Å². The van der Waals surface area contributed by atoms with Crippen molar-refractivity contribution in [1.29, 1.82) is 0 Å². The lowest BCUT2D eigenvalue weighted by molar-refractivity contribution is 0.0832. The molecule has 0 fully saturated rings. The molecule has 130 valence electrons. The van der Waals surface area contributed by atoms with Crippen molar-refractivity contribution in [2.45, 2.75) is 37.5 Å². The molecule has 3 rings (SSSR count). The zero-order valence-corrected chi connectivity index (χ0v) is 14.6. The molecule has 3 atom stereocenters. The molecule has 1 N–H and O–H groups in total. The number of carbonyl (C=O) groups is 1. The van der Waals surface area contributed by atoms with Gasteiger partial charge in [-0.3, -0.25) is 9.69 Å². The fraction of sp³-hybridized carbons (Fsp3) is 0.318. The average Bonchev–Trinajstić information content (AvgIpc) is 2.66. The Labute approximate surface area is 149 Å². The third kappa shape index (κ3) is 4.44. The van der Waals surface area contributed by atoms with Crippen molar-refractivity contribution in [3.05, 3.63) is 83.9 Å². The number of Topliss-reactive ketones (excluding diaryl/α,β-unsaturated/α-hetero) is 1. The average molecular weight is 335 g/mol. The summed E-state index contributed by atoms with van der Waals surface area (Å²) in [5.74, 6) is 0.159. The highest BCUT2D eigenvalue weighted by atomic mass is 16.3. The number of ketones is 1. The highest BCUT2D eigenvalue weighted by Crippen LogP contribution is 2.27. The predicted molar refractivity (Wildman–Crippen MR) is 101 cm³/mol. The van der Waals surface area contributed by atoms with Crippen LogP contribution < -0.4 is 0 Å². The molecule has 0 saturated carbocycles. The maximum atomic E-state index is 12.5. The number of rotatable bonds is 6. The van der Waals surface area contributed by atoms with Crippen molar-refractivity contribution >= 4 is 5.78 Å². The number of hydrogen-bond donors (Lipinski definition) is 1. The number of nitrogens with zero attached hydrogens (tertiary/aromatic N) is 1. The van der Waals surface area contributed by atoms with Gasteiger partial charge in [0.15, 0.2) is 5.78 Å². The number of benzene rings is 2. The smallest absolute Gasteiger partial charge is 0.164 e. The van der Waals surface area contributed by atoms with Crippen LogP contribution in [0.1, 0.15) is 41.3 Å². The lowest BCUT2D eigenvalue weighted by atomic mass is 9.92. The fourth-order valence-corrected chi connectivity index (χ4v) is 3.44. The summed E-state index contributed by atoms with van der Waals surface area (Å²) in [6, 6.07) is 19.5. The molecule has 1 aliphatic rings. The van der Waals surface area contributed by atoms with Gasteiger partial charge in [0.25, 0.3) is 0 Å². The molecule has 25 heavy (non-hydrogen) atoms. The minimum absolute atomic E-state index is 0.0782. The Balaban J connectivity index is 1.63. The number of aliphatic hydroxyl groups excluding tert-OH is 1. The first-order valence-electron chi connectivity index (χ1n) is 8.85. The van der Waals surface area contributed by atoms with Gasteiger partial charge in [-0.1, -0.05) is 72.8 Å². The Morgan fingerprint density at radius 2 is 1.76 bits per heavy atom. The number of aliphatic hydroxyl groups is 1. The minimum Gasteiger partial charge on any atom is -0.388 e. The molecule has 2 aromatic carbocycles. The van der Waals surface area contributed by atoms with Crippen LogP contribution >= 0.6 is 0 Å². The maximum absolute atomic E-state index is 12.5. The zero-order valence-electron chi connectivity index (χ0n) is 14.6. The van der Waals surface area contributed by atoms with Crippen molar-refractivity contribution in [3.8, 4) is 0 Å². The summed E-state index contributed by atoms with van der Waals surface area (Å²) in [5, 5.41) is 10.5. The van der Waals surface area contributed by atoms with E-state index >= 15 is 0 Å². The normalized spacial score (nSPS) is 21.8. The molecule has 3 heteroatoms. The molecule has 1 aliphatic heterocycles. The predicted octanol–water partition coefficient (Wildman–Crippen LogP) is 4.01. The van der Waals surface area contributed by atoms with Gasteiger partial charge < -0.3 is 5.11 Å². The largest absolute Gasteiger partial charge is 0.388 e. The van der Waals surface area contributed by atoms with E-state index in [0.717, 1.165) is 17.5 Å². The van der Waals surface area contributed by atoms with Crippen LogP contribution in [0.2, 0.25) is 0 Å². The first-order valence-corrected chi connectivity index (χ1v) is 8.85. The highest BCUT2D eigenvalue weighted by Gasteiger charge is 2.28. The molecule has 0 spiro atoms. The lowest BCUT2D eigenvalue weighted by Gasteiger charge is -2.37. The Kier molecular flexibility index (Phi) is 5.79. The third-order valence-corrected chi connectivity index (χ3v) is 5.04. The second-order valence-corrected chi connectivity index (χ2v) is 6.71. The maximum Gasteiger partial charge on any atom is 0.164 e. The molecule has 0 saturated heterocycles. The van der Waals surface area contributed by atoms with E-state index < -0.39 is 6.10 Å². The van der Waals surface area contributed by atoms with Gasteiger partial charge in [-0.25, -0.2) is 0 Å². The van der Waals surface area contributed by atoms with E-state index in [0.29, 0.717) is 12.8 Å². The lowest BCUT2D eigenvalue weighted by Crippen LogP contribution is -2.43. The first-order chi connectivity index (χ1) is 12.1. The van der Waals surface area contributed by atoms with Crippen LogP contribution in [0.4, 0.5) is 0 Å². The number of likely N-dealkylation sites (N-methyl/N-ethyl adjacent to an activating group) is 1. The molecule has 0 radical (unpaired) electrons. The van der Waals surface area contributed by atoms with E-state index in [2.05, 4.69) is 24.1 Å². The van der Waals surface area contributed by atoms with E-state index in [1.54, 1.807) is 0 Å². The molecular weight excluding hydrogens is 310 g/mol. The van der Waals surface area contributed by atoms with Crippen molar-refractivity contribution in [1.82, 2.24) is 4.90 Å². The van der Waals surface area contributed by atoms with Crippen LogP contribution in [0.15, 0.2) is 72.8 Å². The summed E-state index contributed by atoms with van der Waals surface area (Å²) in [5.41, 5.74) is 1.71. The Hall–Kier alpha value is -2.23. The SMILES string of the molecule is CN1[C@H](C[C@H](O)c2ccccc2)CC=C[C@H]1CC(=O)c1ccccc1. The van der Waals surface area contributed by atoms with E-state index in [4.69, 9.17) is 0 Å². The van der Waals surface area contributed by atoms with Gasteiger partial charge in [0.05, 0.1) is 6.10 Å². The van der Waals surface area contributed by atoms with Gasteiger partial charge in [0.2, 0.25) is 0 Å². The summed E-state index contributed by atoms with van der Waals surface area (Å²) >= 11 is 0. The van der Waals surface area contributed by atoms with Crippen LogP contribution in [0.25, 0.3) is 0 Å². The van der Waals surface area contributed by atoms with Gasteiger partial charge in [-0.05, 0) is 25.5 Å². The van der Waals surface area contributed by atoms with E-state index in [1.807, 2.05) is 60.7 Å². The van der Waals surface area contributed by atoms with Crippen LogP contribution in [-0.4, -0.2) is 34.9 Å². The topological polar surface area (TPSA) is 40.5 Å². The standard InChI is InChI=1S/C22H25NO2/c1-23-19(15-21(24)17-9-4-2-5-10-17)13-8-14-20(23)16-22(25)18-11-6-3-7-12-18/h2-13,19-20,22,25H,14-16H2,1H3/t19-,20-,22-/m0/s1. The monoisotopic (exact) mass is 335 g/mol. The van der Waals surface area contributed by atoms with Crippen molar-refractivity contribution in [2.75, 3.05) is 7.05 Å². The van der Waals surface area contributed by atoms with Gasteiger partial charge >= 0.3 is 0 Å². The van der Waals surface area contributed by atoms with E-state index in [1.165, 1.54) is 0 Å². The second kappa shape index (κ2) is 8.24. The fourth-order valence-electron chi connectivity index (χ4n) is 3.44. The Morgan fingerprint density at radius 3 is 2.44 bits per heavy atom. The van der Waals surface area contributed by atoms with Crippen LogP contribution in [0.3, 0.4) is 0 Å². The molecular formula is C22H25NO2. The molecule has 0 unspecified atom stereocenters. The first kappa shape index (κ1) is 17.6. The quantitative estimate of drug-likeness (QED) is 0.640. The third-order valence-electron chi connectivity index (χ3n) is 5.04. The molecule has 3 nitrogen and oxygen atoms in total. The summed E-state index contributed by atoms with van der Waals surface area (Å²) < 4.78 is 0. The molecule has 0 amide bonds. The second-order valence-electron chi connectivity index (χ2n) is 6.71. The summed E-state index contributed by atoms with van der Waals surface area (Å²) in [6.07, 6.45) is 5.81. The molecule has 0 bridgehead atoms. The Morgan fingerprint density at radius 1 is 1.12 bits per heavy atom. The highest BCUT2D eigenvalue weighted by molar-refractivity contribution is 5.96. The Bertz CT molecular complexity index is 711. The van der Waals surface area contributed by atoms with Crippen LogP contribution in [0, 0.1) is 0 Å². The minimum atomic E-state index is -0.481. The van der Waals surface area contributed by atoms with Gasteiger partial charge in [0.1, 0.15) is 0 Å². The van der Waals surface area contributed by atoms with Gasteiger partial charge in [0, 0.05) is 24.1 Å². The van der Waals surface area contributed by atoms with Crippen molar-refractivity contribution in [2.24, 2.45) is 0 Å². The molecule has 0 aromatic heterocycles. The van der Waals surface area contributed by atoms with Crippen molar-refractivity contribution in [3.63, 3.8) is 0 Å². The van der Waals surface area contributed by atoms with Gasteiger partial charge in [-0.15, -0.1) is 0 Å². The summed E-state index contributed by atoms with van der Waals surface area (Å²) in [4.78, 5) is 14.7. The van der Waals surface area contributed by atoms with Crippen LogP contribution in [0.5, 0.6) is 0 Å². The van der Waals surface area contributed by atoms with Crippen molar-refractivity contribution < 1.29 is 9.90 Å². The molecule has 2 aromatic rings. The van der Waals surface area contributed by atoms with Crippen LogP contribution in [-0.2, 0) is 0 Å². The molecule has 0 aliphatic carbocycles. The summed E-state index contributed by atoms with van der Waals surface area (Å²) in [6.45, 7) is 0. The number of hydrogen-bond acceptors (Lipinski definition) is 3. The zero-order chi connectivity index (χ0) is 17.6. The summed E-state index contributed by atoms with van der Waals surface area (Å²) in [7, 11) is 2.05. The van der Waals surface area contributed by atoms with E-state index in [9.17, 15) is 9.90 Å².